The van der Waals surface area contributed by atoms with Crippen molar-refractivity contribution in [1.82, 2.24) is 31.5 Å². The zero-order chi connectivity index (χ0) is 37.0. The number of carboxylic acid groups (broad SMARTS) is 1. The third-order valence-corrected chi connectivity index (χ3v) is 8.30. The monoisotopic (exact) mass is 682 g/mol. The van der Waals surface area contributed by atoms with Gasteiger partial charge in [0, 0.05) is 6.54 Å². The molecule has 1 saturated heterocycles. The van der Waals surface area contributed by atoms with Gasteiger partial charge in [-0.2, -0.15) is 0 Å². The maximum Gasteiger partial charge on any atom is 0.326 e. The van der Waals surface area contributed by atoms with Crippen molar-refractivity contribution in [2.75, 3.05) is 6.54 Å². The number of carboxylic acids is 1. The van der Waals surface area contributed by atoms with Crippen molar-refractivity contribution in [3.8, 4) is 0 Å². The molecule has 272 valence electrons. The molecule has 0 unspecified atom stereocenters. The van der Waals surface area contributed by atoms with E-state index in [1.807, 2.05) is 13.8 Å². The van der Waals surface area contributed by atoms with Crippen molar-refractivity contribution in [2.24, 2.45) is 29.2 Å². The largest absolute Gasteiger partial charge is 0.480 e. The highest BCUT2D eigenvalue weighted by atomic mass is 16.4. The third kappa shape index (κ3) is 12.1. The number of carbonyl (C=O) groups excluding carboxylic acids is 7. The van der Waals surface area contributed by atoms with Crippen LogP contribution in [0.5, 0.6) is 0 Å². The number of likely N-dealkylation sites (tertiary alicyclic amines) is 1. The molecule has 0 radical (unpaired) electrons. The van der Waals surface area contributed by atoms with Gasteiger partial charge in [-0.25, -0.2) is 4.79 Å². The number of amides is 7. The highest BCUT2D eigenvalue weighted by Gasteiger charge is 2.40. The summed E-state index contributed by atoms with van der Waals surface area (Å²) in [4.78, 5) is 103. The van der Waals surface area contributed by atoms with Crippen molar-refractivity contribution in [3.63, 3.8) is 0 Å². The maximum absolute atomic E-state index is 13.5. The summed E-state index contributed by atoms with van der Waals surface area (Å²) >= 11 is 0. The Kier molecular flexibility index (Phi) is 16.4. The molecular weight excluding hydrogens is 628 g/mol. The zero-order valence-electron chi connectivity index (χ0n) is 29.1. The van der Waals surface area contributed by atoms with Crippen molar-refractivity contribution in [2.45, 2.75) is 123 Å². The summed E-state index contributed by atoms with van der Waals surface area (Å²) < 4.78 is 0. The van der Waals surface area contributed by atoms with Crippen LogP contribution in [0.15, 0.2) is 0 Å². The summed E-state index contributed by atoms with van der Waals surface area (Å²) in [6.07, 6.45) is 0.812. The van der Waals surface area contributed by atoms with E-state index in [2.05, 4.69) is 26.6 Å². The van der Waals surface area contributed by atoms with Crippen LogP contribution in [0.4, 0.5) is 0 Å². The zero-order valence-corrected chi connectivity index (χ0v) is 29.1. The van der Waals surface area contributed by atoms with Crippen LogP contribution in [0, 0.1) is 17.8 Å². The molecule has 0 aliphatic carbocycles. The van der Waals surface area contributed by atoms with Crippen LogP contribution < -0.4 is 38.1 Å². The second kappa shape index (κ2) is 18.9. The van der Waals surface area contributed by atoms with Crippen LogP contribution in [-0.4, -0.2) is 106 Å². The van der Waals surface area contributed by atoms with Gasteiger partial charge in [-0.15, -0.1) is 0 Å². The third-order valence-electron chi connectivity index (χ3n) is 8.30. The predicted octanol–water partition coefficient (Wildman–Crippen LogP) is -1.91. The minimum absolute atomic E-state index is 0.240. The standard InChI is InChI=1S/C31H54N8O9/c1-9-16(6)24(38-25(41)17(7)32)30(46)39-12-10-11-20(39)28(44)34-18(8)26(42)36-22(14(2)3)29(45)35-19(13-21(33)40)27(43)37-23(15(4)5)31(47)48/h14-20,22-24H,9-13,32H2,1-8H3,(H2,33,40)(H,34,44)(H,35,45)(H,36,42)(H,37,43)(H,38,41)(H,47,48)/t16-,17-,18-,19-,20-,22-,23-,24-/m0/s1. The Morgan fingerprint density at radius 1 is 0.750 bits per heavy atom. The van der Waals surface area contributed by atoms with Crippen LogP contribution in [0.25, 0.3) is 0 Å². The van der Waals surface area contributed by atoms with Gasteiger partial charge in [0.25, 0.3) is 0 Å². The molecule has 17 heteroatoms. The molecule has 1 aliphatic rings. The Hall–Kier alpha value is -4.28. The van der Waals surface area contributed by atoms with Crippen molar-refractivity contribution in [3.05, 3.63) is 0 Å². The van der Waals surface area contributed by atoms with E-state index in [0.29, 0.717) is 19.3 Å². The fourth-order valence-corrected chi connectivity index (χ4v) is 5.08. The number of aliphatic carboxylic acids is 1. The van der Waals surface area contributed by atoms with Crippen molar-refractivity contribution < 1.29 is 43.5 Å². The van der Waals surface area contributed by atoms with Gasteiger partial charge >= 0.3 is 5.97 Å². The lowest BCUT2D eigenvalue weighted by atomic mass is 9.97. The van der Waals surface area contributed by atoms with E-state index >= 15 is 0 Å². The molecule has 1 heterocycles. The normalized spacial score (nSPS) is 18.8. The second-order valence-electron chi connectivity index (χ2n) is 13.1. The Bertz CT molecular complexity index is 1210. The first-order chi connectivity index (χ1) is 22.2. The summed E-state index contributed by atoms with van der Waals surface area (Å²) in [7, 11) is 0. The first kappa shape index (κ1) is 41.7. The SMILES string of the molecule is CC[C@H](C)[C@H](NC(=O)[C@H](C)N)C(=O)N1CCC[C@H]1C(=O)N[C@@H](C)C(=O)N[C@H](C(=O)N[C@@H](CC(N)=O)C(=O)N[C@H](C(=O)O)C(C)C)C(C)C. The summed E-state index contributed by atoms with van der Waals surface area (Å²) in [6, 6.07) is -7.82. The van der Waals surface area contributed by atoms with E-state index in [1.165, 1.54) is 18.7 Å². The first-order valence-electron chi connectivity index (χ1n) is 16.3. The first-order valence-corrected chi connectivity index (χ1v) is 16.3. The predicted molar refractivity (Wildman–Crippen MR) is 174 cm³/mol. The number of nitrogens with zero attached hydrogens (tertiary/aromatic N) is 1. The maximum atomic E-state index is 13.5. The van der Waals surface area contributed by atoms with E-state index in [9.17, 15) is 43.5 Å². The number of hydrogen-bond acceptors (Lipinski definition) is 9. The van der Waals surface area contributed by atoms with E-state index < -0.39 is 108 Å². The van der Waals surface area contributed by atoms with Crippen LogP contribution in [0.2, 0.25) is 0 Å². The number of nitrogens with two attached hydrogens (primary N) is 2. The Labute approximate surface area is 281 Å². The molecule has 1 aliphatic heterocycles. The second-order valence-corrected chi connectivity index (χ2v) is 13.1. The van der Waals surface area contributed by atoms with Gasteiger partial charge in [0.2, 0.25) is 41.4 Å². The average molecular weight is 683 g/mol. The molecule has 48 heavy (non-hydrogen) atoms. The summed E-state index contributed by atoms with van der Waals surface area (Å²) in [5.74, 6) is -7.55. The van der Waals surface area contributed by atoms with Crippen LogP contribution in [0.3, 0.4) is 0 Å². The molecule has 7 amide bonds. The number of nitrogens with one attached hydrogen (secondary N) is 5. The molecule has 0 bridgehead atoms. The van der Waals surface area contributed by atoms with Gasteiger partial charge in [0.05, 0.1) is 12.5 Å². The van der Waals surface area contributed by atoms with Crippen LogP contribution in [0.1, 0.15) is 81.1 Å². The number of primary amides is 1. The summed E-state index contributed by atoms with van der Waals surface area (Å²) in [5, 5.41) is 21.9. The summed E-state index contributed by atoms with van der Waals surface area (Å²) in [6.45, 7) is 13.2. The summed E-state index contributed by atoms with van der Waals surface area (Å²) in [5.41, 5.74) is 10.9. The molecule has 8 atom stereocenters. The highest BCUT2D eigenvalue weighted by Crippen LogP contribution is 2.22. The average Bonchev–Trinajstić information content (AvgIpc) is 3.49. The lowest BCUT2D eigenvalue weighted by Crippen LogP contribution is -2.60. The van der Waals surface area contributed by atoms with Gasteiger partial charge in [-0.05, 0) is 44.4 Å². The van der Waals surface area contributed by atoms with Crippen LogP contribution >= 0.6 is 0 Å². The van der Waals surface area contributed by atoms with Gasteiger partial charge in [-0.1, -0.05) is 48.0 Å². The van der Waals surface area contributed by atoms with E-state index in [4.69, 9.17) is 11.5 Å². The Balaban J connectivity index is 3.03. The molecule has 0 aromatic rings. The van der Waals surface area contributed by atoms with Gasteiger partial charge in [-0.3, -0.25) is 33.6 Å². The quantitative estimate of drug-likeness (QED) is 0.0794. The lowest BCUT2D eigenvalue weighted by molar-refractivity contribution is -0.144. The lowest BCUT2D eigenvalue weighted by Gasteiger charge is -2.32. The Morgan fingerprint density at radius 3 is 1.77 bits per heavy atom. The van der Waals surface area contributed by atoms with Crippen molar-refractivity contribution >= 4 is 47.3 Å². The minimum atomic E-state index is -1.52. The molecule has 0 spiro atoms. The molecule has 1 fully saturated rings. The topological polar surface area (TPSA) is 272 Å². The van der Waals surface area contributed by atoms with Gasteiger partial charge in [0.15, 0.2) is 0 Å². The van der Waals surface area contributed by atoms with Gasteiger partial charge in [0.1, 0.15) is 36.3 Å². The van der Waals surface area contributed by atoms with E-state index in [-0.39, 0.29) is 12.5 Å². The molecule has 1 rings (SSSR count). The van der Waals surface area contributed by atoms with Crippen molar-refractivity contribution in [1.29, 1.82) is 0 Å². The molecule has 0 aromatic heterocycles. The smallest absolute Gasteiger partial charge is 0.326 e. The van der Waals surface area contributed by atoms with E-state index in [0.717, 1.165) is 0 Å². The fraction of sp³-hybridized carbons (Fsp3) is 0.742. The Morgan fingerprint density at radius 2 is 1.29 bits per heavy atom. The highest BCUT2D eigenvalue weighted by molar-refractivity contribution is 5.98. The number of rotatable bonds is 18. The number of hydrogen-bond donors (Lipinski definition) is 8. The van der Waals surface area contributed by atoms with Gasteiger partial charge < -0.3 is 48.1 Å². The number of carbonyl (C=O) groups is 8. The molecule has 10 N–H and O–H groups in total. The molecule has 17 nitrogen and oxygen atoms in total. The molecular formula is C31H54N8O9. The molecule has 0 aromatic carbocycles. The molecule has 0 saturated carbocycles. The van der Waals surface area contributed by atoms with Crippen LogP contribution in [-0.2, 0) is 38.4 Å². The minimum Gasteiger partial charge on any atom is -0.480 e. The fourth-order valence-electron chi connectivity index (χ4n) is 5.08. The van der Waals surface area contributed by atoms with E-state index in [1.54, 1.807) is 27.7 Å².